The second-order valence-corrected chi connectivity index (χ2v) is 8.79. The lowest BCUT2D eigenvalue weighted by Gasteiger charge is -2.19. The molecule has 1 aromatic heterocycles. The number of anilines is 2. The molecule has 1 aliphatic rings. The first-order valence-electron chi connectivity index (χ1n) is 9.88. The number of rotatable bonds is 4. The Labute approximate surface area is 193 Å². The van der Waals surface area contributed by atoms with Crippen LogP contribution in [0.2, 0.25) is 0 Å². The van der Waals surface area contributed by atoms with Crippen molar-refractivity contribution in [1.29, 1.82) is 0 Å². The lowest BCUT2D eigenvalue weighted by atomic mass is 10.2. The highest BCUT2D eigenvalue weighted by atomic mass is 32.2. The minimum atomic E-state index is -4.34. The summed E-state index contributed by atoms with van der Waals surface area (Å²) in [6, 6.07) is 20.2. The van der Waals surface area contributed by atoms with Crippen molar-refractivity contribution < 1.29 is 13.3 Å². The predicted molar refractivity (Wildman–Crippen MR) is 128 cm³/mol. The highest BCUT2D eigenvalue weighted by Gasteiger charge is 2.36. The monoisotopic (exact) mass is 469 g/mol. The summed E-state index contributed by atoms with van der Waals surface area (Å²) < 4.78 is 30.3. The summed E-state index contributed by atoms with van der Waals surface area (Å²) in [5.74, 6) is 2.14. The van der Waals surface area contributed by atoms with Gasteiger partial charge >= 0.3 is 0 Å². The maximum Gasteiger partial charge on any atom is 0.284 e. The second-order valence-electron chi connectivity index (χ2n) is 7.18. The van der Waals surface area contributed by atoms with Crippen LogP contribution in [-0.4, -0.2) is 35.0 Å². The molecule has 4 aromatic rings. The molecule has 34 heavy (non-hydrogen) atoms. The van der Waals surface area contributed by atoms with Gasteiger partial charge in [-0.15, -0.1) is 4.40 Å². The van der Waals surface area contributed by atoms with E-state index in [0.717, 1.165) is 24.3 Å². The quantitative estimate of drug-likeness (QED) is 0.249. The molecule has 0 saturated carbocycles. The second kappa shape index (κ2) is 8.00. The third-order valence-electron chi connectivity index (χ3n) is 5.11. The Morgan fingerprint density at radius 2 is 1.53 bits per heavy atom. The van der Waals surface area contributed by atoms with Gasteiger partial charge in [-0.25, -0.2) is 9.97 Å². The molecule has 166 valence electrons. The van der Waals surface area contributed by atoms with Crippen LogP contribution in [0.1, 0.15) is 5.69 Å². The number of nitro groups is 1. The van der Waals surface area contributed by atoms with Crippen molar-refractivity contribution in [2.24, 2.45) is 4.40 Å². The maximum absolute atomic E-state index is 13.1. The Morgan fingerprint density at radius 3 is 2.15 bits per heavy atom. The highest BCUT2D eigenvalue weighted by Crippen LogP contribution is 2.40. The molecule has 0 radical (unpaired) electrons. The summed E-state index contributed by atoms with van der Waals surface area (Å²) in [5.41, 5.74) is 1.55. The normalized spacial score (nSPS) is 14.3. The molecule has 0 aliphatic carbocycles. The van der Waals surface area contributed by atoms with Crippen molar-refractivity contribution in [3.05, 3.63) is 100 Å². The number of nitro benzene ring substituents is 1. The molecule has 1 aliphatic heterocycles. The third-order valence-corrected chi connectivity index (χ3v) is 6.40. The maximum atomic E-state index is 13.1. The van der Waals surface area contributed by atoms with Gasteiger partial charge in [-0.1, -0.05) is 30.3 Å². The van der Waals surface area contributed by atoms with Crippen LogP contribution in [0.3, 0.4) is 0 Å². The largest absolute Gasteiger partial charge is 0.763 e. The molecular weight excluding hydrogens is 456 g/mol. The number of non-ortho nitro benzene ring substituents is 1. The highest BCUT2D eigenvalue weighted by molar-refractivity contribution is 7.90. The Kier molecular flexibility index (Phi) is 4.97. The zero-order valence-electron chi connectivity index (χ0n) is 17.2. The minimum absolute atomic E-state index is 0.0532. The number of benzene rings is 3. The van der Waals surface area contributed by atoms with Gasteiger partial charge in [0.05, 0.1) is 26.4 Å². The van der Waals surface area contributed by atoms with E-state index in [-0.39, 0.29) is 33.5 Å². The van der Waals surface area contributed by atoms with E-state index in [0.29, 0.717) is 16.7 Å². The van der Waals surface area contributed by atoms with Gasteiger partial charge < -0.3 is 5.41 Å². The van der Waals surface area contributed by atoms with Crippen LogP contribution in [0, 0.1) is 10.1 Å². The van der Waals surface area contributed by atoms with Gasteiger partial charge in [-0.05, 0) is 36.4 Å². The molecule has 0 spiro atoms. The summed E-state index contributed by atoms with van der Waals surface area (Å²) in [6.07, 6.45) is 0. The van der Waals surface area contributed by atoms with Crippen LogP contribution in [0.4, 0.5) is 17.2 Å². The fourth-order valence-corrected chi connectivity index (χ4v) is 4.54. The number of nitrogens with zero attached hydrogens (tertiary/aromatic N) is 6. The number of hydrogen-bond donors (Lipinski definition) is 0. The fourth-order valence-electron chi connectivity index (χ4n) is 3.55. The van der Waals surface area contributed by atoms with E-state index >= 15 is 0 Å². The molecule has 0 atom stereocenters. The molecule has 0 N–H and O–H groups in total. The number of amidine groups is 1. The lowest BCUT2D eigenvalue weighted by molar-refractivity contribution is -0.384. The van der Waals surface area contributed by atoms with E-state index in [9.17, 15) is 23.9 Å². The number of aromatic nitrogens is 2. The Hall–Kier alpha value is -4.73. The van der Waals surface area contributed by atoms with Gasteiger partial charge in [-0.2, -0.15) is 8.42 Å². The zero-order chi connectivity index (χ0) is 23.9. The van der Waals surface area contributed by atoms with Gasteiger partial charge in [0.15, 0.2) is 11.7 Å². The number of para-hydroxylation sites is 3. The van der Waals surface area contributed by atoms with Crippen LogP contribution < -0.4 is 4.90 Å². The van der Waals surface area contributed by atoms with E-state index in [1.54, 1.807) is 54.6 Å². The Bertz CT molecular complexity index is 1640. The van der Waals surface area contributed by atoms with E-state index in [4.69, 9.17) is 0 Å². The number of hydrogen-bond acceptors (Lipinski definition) is 6. The average Bonchev–Trinajstić information content (AvgIpc) is 3.14. The molecule has 0 unspecified atom stereocenters. The summed E-state index contributed by atoms with van der Waals surface area (Å²) in [5, 5.41) is 20.9. The number of sulfonamides is 1. The zero-order valence-corrected chi connectivity index (χ0v) is 18.0. The molecule has 10 nitrogen and oxygen atoms in total. The molecule has 0 saturated heterocycles. The van der Waals surface area contributed by atoms with Crippen molar-refractivity contribution in [2.45, 2.75) is 4.90 Å². The Balaban J connectivity index is 1.73. The van der Waals surface area contributed by atoms with Crippen molar-refractivity contribution in [3.63, 3.8) is 0 Å². The predicted octanol–water partition coefficient (Wildman–Crippen LogP) is 4.10. The van der Waals surface area contributed by atoms with E-state index in [1.165, 1.54) is 4.90 Å². The summed E-state index contributed by atoms with van der Waals surface area (Å²) in [4.78, 5) is 20.7. The Morgan fingerprint density at radius 1 is 0.912 bits per heavy atom. The van der Waals surface area contributed by atoms with Gasteiger partial charge in [0, 0.05) is 17.8 Å². The van der Waals surface area contributed by atoms with Crippen molar-refractivity contribution >= 4 is 55.5 Å². The first-order valence-corrected chi connectivity index (χ1v) is 11.3. The van der Waals surface area contributed by atoms with Gasteiger partial charge in [0.1, 0.15) is 5.69 Å². The van der Waals surface area contributed by atoms with E-state index in [1.807, 2.05) is 5.87 Å². The molecule has 3 aromatic carbocycles. The van der Waals surface area contributed by atoms with Gasteiger partial charge in [0.25, 0.3) is 15.7 Å². The van der Waals surface area contributed by atoms with E-state index < -0.39 is 14.9 Å². The SMILES string of the molecule is [N-]=C=C1C(=NS(=O)(=O)c2ccc([N+](=O)[O-])cc2)N(c2ccccc2)c2nc3ccccc3nc21. The smallest absolute Gasteiger partial charge is 0.284 e. The summed E-state index contributed by atoms with van der Waals surface area (Å²) in [6.45, 7) is 0. The first kappa shape index (κ1) is 21.1. The molecule has 0 fully saturated rings. The van der Waals surface area contributed by atoms with Crippen LogP contribution >= 0.6 is 0 Å². The standard InChI is InChI=1S/C23H13N6O4S/c24-14-18-21-23(26-20-9-5-4-8-19(20)25-21)28(15-6-2-1-3-7-15)22(18)27-34(32,33)17-12-10-16(11-13-17)29(30)31/h1-13H/q-1. The van der Waals surface area contributed by atoms with Gasteiger partial charge in [-0.3, -0.25) is 20.9 Å². The van der Waals surface area contributed by atoms with Crippen LogP contribution in [-0.2, 0) is 10.0 Å². The van der Waals surface area contributed by atoms with Crippen molar-refractivity contribution in [1.82, 2.24) is 9.97 Å². The molecule has 2 heterocycles. The molecule has 5 rings (SSSR count). The van der Waals surface area contributed by atoms with Crippen LogP contribution in [0.5, 0.6) is 0 Å². The molecule has 0 bridgehead atoms. The summed E-state index contributed by atoms with van der Waals surface area (Å²) >= 11 is 0. The number of fused-ring (bicyclic) bond motifs is 2. The van der Waals surface area contributed by atoms with Crippen LogP contribution in [0.25, 0.3) is 22.0 Å². The van der Waals surface area contributed by atoms with Crippen molar-refractivity contribution in [3.8, 4) is 0 Å². The third kappa shape index (κ3) is 3.51. The van der Waals surface area contributed by atoms with Gasteiger partial charge in [0.2, 0.25) is 0 Å². The molecule has 11 heteroatoms. The minimum Gasteiger partial charge on any atom is -0.763 e. The summed E-state index contributed by atoms with van der Waals surface area (Å²) in [7, 11) is -4.34. The fraction of sp³-hybridized carbons (Fsp3) is 0. The lowest BCUT2D eigenvalue weighted by Crippen LogP contribution is -2.23. The van der Waals surface area contributed by atoms with Crippen LogP contribution in [0.15, 0.2) is 88.2 Å². The van der Waals surface area contributed by atoms with E-state index in [2.05, 4.69) is 14.4 Å². The molecular formula is C23H13N6O4S-. The first-order chi connectivity index (χ1) is 16.4. The topological polar surface area (TPSA) is 141 Å². The molecule has 0 amide bonds. The van der Waals surface area contributed by atoms with Crippen molar-refractivity contribution in [2.75, 3.05) is 4.90 Å². The average molecular weight is 469 g/mol.